The molecule has 1 N–H and O–H groups in total. The van der Waals surface area contributed by atoms with Gasteiger partial charge in [0, 0.05) is 43.3 Å². The van der Waals surface area contributed by atoms with Crippen molar-refractivity contribution < 1.29 is 4.79 Å². The maximum atomic E-state index is 11.8. The number of aryl methyl sites for hydroxylation is 1. The van der Waals surface area contributed by atoms with Crippen LogP contribution in [0.4, 0.5) is 5.69 Å². The second kappa shape index (κ2) is 8.64. The number of carbonyl (C=O) groups is 1. The van der Waals surface area contributed by atoms with E-state index in [0.29, 0.717) is 12.1 Å². The number of benzene rings is 1. The lowest BCUT2D eigenvalue weighted by Crippen LogP contribution is -2.53. The fourth-order valence-corrected chi connectivity index (χ4v) is 4.46. The van der Waals surface area contributed by atoms with E-state index in [2.05, 4.69) is 54.1 Å². The predicted octanol–water partition coefficient (Wildman–Crippen LogP) is 3.75. The summed E-state index contributed by atoms with van der Waals surface area (Å²) in [4.78, 5) is 17.0. The Balaban J connectivity index is 1.41. The Morgan fingerprint density at radius 3 is 2.63 bits per heavy atom. The first-order valence-electron chi connectivity index (χ1n) is 10.7. The van der Waals surface area contributed by atoms with Gasteiger partial charge in [0.15, 0.2) is 0 Å². The molecule has 1 saturated heterocycles. The molecule has 1 aliphatic carbocycles. The number of piperazine rings is 1. The van der Waals surface area contributed by atoms with Crippen LogP contribution in [0.15, 0.2) is 18.2 Å². The zero-order valence-corrected chi connectivity index (χ0v) is 17.8. The lowest BCUT2D eigenvalue weighted by atomic mass is 9.78. The van der Waals surface area contributed by atoms with Crippen molar-refractivity contribution in [3.8, 4) is 0 Å². The van der Waals surface area contributed by atoms with Gasteiger partial charge < -0.3 is 10.2 Å². The van der Waals surface area contributed by atoms with Gasteiger partial charge in [-0.05, 0) is 69.7 Å². The number of hydrogen-bond donors (Lipinski definition) is 1. The molecule has 1 atom stereocenters. The Morgan fingerprint density at radius 2 is 1.96 bits per heavy atom. The van der Waals surface area contributed by atoms with Crippen molar-refractivity contribution in [2.24, 2.45) is 11.8 Å². The summed E-state index contributed by atoms with van der Waals surface area (Å²) in [5, 5.41) is 3.17. The highest BCUT2D eigenvalue weighted by atomic mass is 16.1. The van der Waals surface area contributed by atoms with Gasteiger partial charge in [0.25, 0.3) is 0 Å². The van der Waals surface area contributed by atoms with Gasteiger partial charge in [0.05, 0.1) is 0 Å². The first-order valence-corrected chi connectivity index (χ1v) is 10.7. The maximum absolute atomic E-state index is 11.8. The van der Waals surface area contributed by atoms with Gasteiger partial charge in [-0.2, -0.15) is 0 Å². The van der Waals surface area contributed by atoms with E-state index in [0.717, 1.165) is 38.4 Å². The highest BCUT2D eigenvalue weighted by Crippen LogP contribution is 2.31. The molecule has 1 saturated carbocycles. The largest absolute Gasteiger partial charge is 0.366 e. The Hall–Kier alpha value is -1.55. The third-order valence-corrected chi connectivity index (χ3v) is 6.56. The highest BCUT2D eigenvalue weighted by molar-refractivity contribution is 5.78. The van der Waals surface area contributed by atoms with Gasteiger partial charge in [0.2, 0.25) is 5.91 Å². The molecule has 1 aromatic carbocycles. The van der Waals surface area contributed by atoms with Crippen LogP contribution in [0.5, 0.6) is 0 Å². The minimum atomic E-state index is 0.0962. The fourth-order valence-electron chi connectivity index (χ4n) is 4.46. The molecule has 4 heteroatoms. The van der Waals surface area contributed by atoms with Crippen molar-refractivity contribution in [1.82, 2.24) is 10.2 Å². The molecule has 27 heavy (non-hydrogen) atoms. The van der Waals surface area contributed by atoms with E-state index in [-0.39, 0.29) is 11.8 Å². The number of anilines is 1. The van der Waals surface area contributed by atoms with Gasteiger partial charge in [-0.15, -0.1) is 0 Å². The number of carbonyl (C=O) groups excluding carboxylic acids is 1. The number of rotatable bonds is 6. The van der Waals surface area contributed by atoms with Crippen molar-refractivity contribution in [2.75, 3.05) is 31.1 Å². The van der Waals surface area contributed by atoms with Crippen molar-refractivity contribution >= 4 is 11.6 Å². The average molecular weight is 372 g/mol. The summed E-state index contributed by atoms with van der Waals surface area (Å²) in [5.41, 5.74) is 4.21. The molecule has 1 aliphatic heterocycles. The number of amides is 1. The van der Waals surface area contributed by atoms with Crippen molar-refractivity contribution in [2.45, 2.75) is 66.0 Å². The van der Waals surface area contributed by atoms with Gasteiger partial charge >= 0.3 is 0 Å². The highest BCUT2D eigenvalue weighted by Gasteiger charge is 2.31. The lowest BCUT2D eigenvalue weighted by Gasteiger charge is -2.43. The second-order valence-electron chi connectivity index (χ2n) is 9.05. The molecule has 4 nitrogen and oxygen atoms in total. The summed E-state index contributed by atoms with van der Waals surface area (Å²) >= 11 is 0. The average Bonchev–Trinajstić information content (AvgIpc) is 2.59. The Morgan fingerprint density at radius 1 is 1.22 bits per heavy atom. The quantitative estimate of drug-likeness (QED) is 0.827. The third kappa shape index (κ3) is 4.84. The minimum absolute atomic E-state index is 0.0962. The van der Waals surface area contributed by atoms with E-state index in [1.807, 2.05) is 13.8 Å². The molecule has 3 rings (SSSR count). The first kappa shape index (κ1) is 20.2. The maximum Gasteiger partial charge on any atom is 0.222 e. The molecule has 2 aliphatic rings. The first-order chi connectivity index (χ1) is 12.8. The molecule has 1 unspecified atom stereocenters. The molecule has 0 bridgehead atoms. The van der Waals surface area contributed by atoms with Crippen LogP contribution in [0.1, 0.15) is 51.2 Å². The van der Waals surface area contributed by atoms with Crippen molar-refractivity contribution in [3.63, 3.8) is 0 Å². The van der Waals surface area contributed by atoms with Crippen LogP contribution < -0.4 is 10.2 Å². The molecule has 0 aromatic heterocycles. The Bertz CT molecular complexity index is 651. The van der Waals surface area contributed by atoms with Crippen LogP contribution in [0.25, 0.3) is 0 Å². The van der Waals surface area contributed by atoms with Crippen LogP contribution in [0.2, 0.25) is 0 Å². The van der Waals surface area contributed by atoms with Crippen LogP contribution >= 0.6 is 0 Å². The monoisotopic (exact) mass is 371 g/mol. The van der Waals surface area contributed by atoms with Gasteiger partial charge in [-0.1, -0.05) is 26.0 Å². The summed E-state index contributed by atoms with van der Waals surface area (Å²) in [6, 6.07) is 7.63. The van der Waals surface area contributed by atoms with Gasteiger partial charge in [0.1, 0.15) is 0 Å². The van der Waals surface area contributed by atoms with E-state index in [9.17, 15) is 4.79 Å². The standard InChI is InChI=1S/C23H37N3O/c1-16(2)23(27)24-21-13-20(14-21)9-10-25-11-12-26(18(4)15-25)22-8-6-7-17(3)19(22)5/h6-8,16,18,20-21H,9-15H2,1-5H3,(H,24,27). The van der Waals surface area contributed by atoms with E-state index in [4.69, 9.17) is 0 Å². The van der Waals surface area contributed by atoms with E-state index >= 15 is 0 Å². The Labute approximate surface area is 165 Å². The smallest absolute Gasteiger partial charge is 0.222 e. The number of hydrogen-bond acceptors (Lipinski definition) is 3. The van der Waals surface area contributed by atoms with E-state index in [1.165, 1.54) is 29.8 Å². The number of nitrogens with one attached hydrogen (secondary N) is 1. The zero-order valence-electron chi connectivity index (χ0n) is 17.8. The number of nitrogens with zero attached hydrogens (tertiary/aromatic N) is 2. The third-order valence-electron chi connectivity index (χ3n) is 6.56. The summed E-state index contributed by atoms with van der Waals surface area (Å²) in [6.07, 6.45) is 3.59. The van der Waals surface area contributed by atoms with Crippen LogP contribution in [0, 0.1) is 25.7 Å². The molecular weight excluding hydrogens is 334 g/mol. The van der Waals surface area contributed by atoms with E-state index < -0.39 is 0 Å². The van der Waals surface area contributed by atoms with Crippen LogP contribution in [-0.2, 0) is 4.79 Å². The second-order valence-corrected chi connectivity index (χ2v) is 9.05. The van der Waals surface area contributed by atoms with Gasteiger partial charge in [-0.25, -0.2) is 0 Å². The molecular formula is C23H37N3O. The fraction of sp³-hybridized carbons (Fsp3) is 0.696. The molecule has 0 spiro atoms. The van der Waals surface area contributed by atoms with Crippen LogP contribution in [0.3, 0.4) is 0 Å². The topological polar surface area (TPSA) is 35.6 Å². The van der Waals surface area contributed by atoms with E-state index in [1.54, 1.807) is 0 Å². The minimum Gasteiger partial charge on any atom is -0.366 e. The SMILES string of the molecule is Cc1cccc(N2CCN(CCC3CC(NC(=O)C(C)C)C3)CC2C)c1C. The lowest BCUT2D eigenvalue weighted by molar-refractivity contribution is -0.125. The molecule has 1 heterocycles. The molecule has 2 fully saturated rings. The van der Waals surface area contributed by atoms with Crippen molar-refractivity contribution in [1.29, 1.82) is 0 Å². The van der Waals surface area contributed by atoms with Crippen LogP contribution in [-0.4, -0.2) is 49.1 Å². The Kier molecular flexibility index (Phi) is 6.46. The summed E-state index contributed by atoms with van der Waals surface area (Å²) in [7, 11) is 0. The normalized spacial score (nSPS) is 26.1. The molecule has 150 valence electrons. The molecule has 1 amide bonds. The summed E-state index contributed by atoms with van der Waals surface area (Å²) in [6.45, 7) is 15.3. The summed E-state index contributed by atoms with van der Waals surface area (Å²) < 4.78 is 0. The summed E-state index contributed by atoms with van der Waals surface area (Å²) in [5.74, 6) is 1.09. The predicted molar refractivity (Wildman–Crippen MR) is 113 cm³/mol. The zero-order chi connectivity index (χ0) is 19.6. The molecule has 1 aromatic rings. The van der Waals surface area contributed by atoms with Gasteiger partial charge in [-0.3, -0.25) is 9.69 Å². The molecule has 0 radical (unpaired) electrons. The van der Waals surface area contributed by atoms with Crippen molar-refractivity contribution in [3.05, 3.63) is 29.3 Å².